The van der Waals surface area contributed by atoms with E-state index >= 15 is 0 Å². The Bertz CT molecular complexity index is 893. The van der Waals surface area contributed by atoms with Crippen LogP contribution in [0.5, 0.6) is 0 Å². The van der Waals surface area contributed by atoms with Crippen LogP contribution in [0, 0.1) is 0 Å². The minimum Gasteiger partial charge on any atom is -0.399 e. The maximum absolute atomic E-state index is 11.4. The van der Waals surface area contributed by atoms with Gasteiger partial charge >= 0.3 is 7.12 Å². The van der Waals surface area contributed by atoms with Gasteiger partial charge in [-0.15, -0.1) is 11.6 Å². The molecule has 33 heavy (non-hydrogen) atoms. The maximum atomic E-state index is 11.4. The van der Waals surface area contributed by atoms with Gasteiger partial charge in [-0.05, 0) is 70.1 Å². The quantitative estimate of drug-likeness (QED) is 0.241. The number of ether oxygens (including phenoxy) is 1. The molecule has 0 amide bonds. The number of Topliss-reactive ketones (excluding diaryl/α,β-unsaturated/α-hetero) is 1. The van der Waals surface area contributed by atoms with Gasteiger partial charge in [0.15, 0.2) is 5.78 Å². The normalized spacial score (nSPS) is 20.9. The fourth-order valence-corrected chi connectivity index (χ4v) is 4.09. The van der Waals surface area contributed by atoms with Crippen LogP contribution in [-0.4, -0.2) is 36.6 Å². The van der Waals surface area contributed by atoms with Gasteiger partial charge in [-0.3, -0.25) is 4.79 Å². The summed E-state index contributed by atoms with van der Waals surface area (Å²) in [4.78, 5) is 11.4. The van der Waals surface area contributed by atoms with E-state index in [0.717, 1.165) is 41.4 Å². The summed E-state index contributed by atoms with van der Waals surface area (Å²) in [5.74, 6) is 0.704. The second-order valence-corrected chi connectivity index (χ2v) is 10.8. The predicted octanol–water partition coefficient (Wildman–Crippen LogP) is 6.49. The van der Waals surface area contributed by atoms with Crippen molar-refractivity contribution in [2.45, 2.75) is 70.7 Å². The molecule has 0 aromatic heterocycles. The van der Waals surface area contributed by atoms with Crippen molar-refractivity contribution in [3.8, 4) is 0 Å². The van der Waals surface area contributed by atoms with Crippen molar-refractivity contribution in [1.82, 2.24) is 0 Å². The monoisotopic (exact) mass is 534 g/mol. The number of alkyl halides is 1. The molecule has 2 saturated heterocycles. The second-order valence-electron chi connectivity index (χ2n) is 9.48. The molecule has 0 radical (unpaired) electrons. The van der Waals surface area contributed by atoms with Gasteiger partial charge in [-0.2, -0.15) is 0 Å². The van der Waals surface area contributed by atoms with Crippen LogP contribution >= 0.6 is 27.5 Å². The molecule has 1 unspecified atom stereocenters. The van der Waals surface area contributed by atoms with Crippen molar-refractivity contribution in [1.29, 1.82) is 0 Å². The van der Waals surface area contributed by atoms with Crippen molar-refractivity contribution in [2.24, 2.45) is 0 Å². The number of halogens is 2. The Morgan fingerprint density at radius 2 is 1.64 bits per heavy atom. The van der Waals surface area contributed by atoms with Crippen molar-refractivity contribution >= 4 is 45.9 Å². The van der Waals surface area contributed by atoms with Crippen LogP contribution in [0.2, 0.25) is 0 Å². The largest absolute Gasteiger partial charge is 0.494 e. The summed E-state index contributed by atoms with van der Waals surface area (Å²) in [6, 6.07) is 15.8. The van der Waals surface area contributed by atoms with Crippen LogP contribution in [0.15, 0.2) is 53.0 Å². The second kappa shape index (κ2) is 11.5. The number of hydrogen-bond acceptors (Lipinski definition) is 4. The molecule has 2 heterocycles. The highest BCUT2D eigenvalue weighted by molar-refractivity contribution is 9.10. The number of carbonyl (C=O) groups excluding carboxylic acids is 1. The van der Waals surface area contributed by atoms with Crippen LogP contribution in [0.4, 0.5) is 0 Å². The van der Waals surface area contributed by atoms with E-state index in [9.17, 15) is 4.79 Å². The fourth-order valence-electron chi connectivity index (χ4n) is 3.69. The van der Waals surface area contributed by atoms with E-state index in [0.29, 0.717) is 12.3 Å². The van der Waals surface area contributed by atoms with E-state index in [1.807, 2.05) is 24.3 Å². The highest BCUT2D eigenvalue weighted by Gasteiger charge is 2.51. The summed E-state index contributed by atoms with van der Waals surface area (Å²) in [6.45, 7) is 9.19. The zero-order valence-corrected chi connectivity index (χ0v) is 22.2. The zero-order chi connectivity index (χ0) is 24.1. The Hall–Kier alpha value is -1.18. The van der Waals surface area contributed by atoms with Crippen LogP contribution in [0.1, 0.15) is 75.4 Å². The lowest BCUT2D eigenvalue weighted by atomic mass is 9.78. The van der Waals surface area contributed by atoms with Gasteiger partial charge in [0.05, 0.1) is 17.3 Å². The Labute approximate surface area is 211 Å². The van der Waals surface area contributed by atoms with E-state index in [-0.39, 0.29) is 30.2 Å². The van der Waals surface area contributed by atoms with E-state index in [2.05, 4.69) is 67.9 Å². The molecule has 2 fully saturated rings. The lowest BCUT2D eigenvalue weighted by molar-refractivity contribution is 0.00578. The Morgan fingerprint density at radius 1 is 1.03 bits per heavy atom. The third-order valence-corrected chi connectivity index (χ3v) is 7.26. The molecule has 1 atom stereocenters. The summed E-state index contributed by atoms with van der Waals surface area (Å²) in [6.07, 6.45) is 3.82. The molecular formula is C26H33BBrClO4. The summed E-state index contributed by atoms with van der Waals surface area (Å²) in [7, 11) is -0.279. The van der Waals surface area contributed by atoms with Gasteiger partial charge in [-0.25, -0.2) is 0 Å². The summed E-state index contributed by atoms with van der Waals surface area (Å²) >= 11 is 8.81. The molecule has 0 aliphatic carbocycles. The molecule has 0 saturated carbocycles. The molecule has 4 rings (SSSR count). The number of benzene rings is 2. The van der Waals surface area contributed by atoms with Crippen molar-refractivity contribution in [3.63, 3.8) is 0 Å². The molecule has 0 N–H and O–H groups in total. The maximum Gasteiger partial charge on any atom is 0.494 e. The van der Waals surface area contributed by atoms with E-state index in [1.54, 1.807) is 0 Å². The van der Waals surface area contributed by atoms with Gasteiger partial charge in [-0.1, -0.05) is 52.3 Å². The minimum atomic E-state index is -0.287. The standard InChI is InChI=1S/C16H23BO3.C10H10BrClO/c1-15(2)16(3,4)20-17(19-15)13-9-7-12(8-10-13)14-6-5-11-18-14;11-9-5-3-8(4-6-9)10(13)2-1-7-12/h7-10,14H,5-6,11H2,1-4H3;3-6H,1-2,7H2. The molecule has 0 spiro atoms. The predicted molar refractivity (Wildman–Crippen MR) is 139 cm³/mol. The first kappa shape index (κ1) is 26.4. The summed E-state index contributed by atoms with van der Waals surface area (Å²) < 4.78 is 18.8. The molecule has 2 aromatic rings. The number of ketones is 1. The molecule has 2 aliphatic rings. The SMILES string of the molecule is CC1(C)OB(c2ccc(C3CCCO3)cc2)OC1(C)C.O=C(CCCCl)c1ccc(Br)cc1. The first-order chi connectivity index (χ1) is 15.6. The third kappa shape index (κ3) is 6.92. The third-order valence-electron chi connectivity index (χ3n) is 6.47. The number of carbonyl (C=O) groups is 1. The Morgan fingerprint density at radius 3 is 2.15 bits per heavy atom. The van der Waals surface area contributed by atoms with Gasteiger partial charge < -0.3 is 14.0 Å². The van der Waals surface area contributed by atoms with Crippen LogP contribution < -0.4 is 5.46 Å². The highest BCUT2D eigenvalue weighted by atomic mass is 79.9. The van der Waals surface area contributed by atoms with Crippen molar-refractivity contribution in [2.75, 3.05) is 12.5 Å². The van der Waals surface area contributed by atoms with E-state index in [1.165, 1.54) is 5.56 Å². The minimum absolute atomic E-state index is 0.160. The average Bonchev–Trinajstić information content (AvgIpc) is 3.39. The van der Waals surface area contributed by atoms with Crippen LogP contribution in [0.3, 0.4) is 0 Å². The van der Waals surface area contributed by atoms with Crippen molar-refractivity contribution in [3.05, 3.63) is 64.1 Å². The highest BCUT2D eigenvalue weighted by Crippen LogP contribution is 2.36. The topological polar surface area (TPSA) is 44.8 Å². The Kier molecular flexibility index (Phi) is 9.21. The molecule has 2 aliphatic heterocycles. The molecule has 7 heteroatoms. The molecular weight excluding hydrogens is 502 g/mol. The first-order valence-electron chi connectivity index (χ1n) is 11.5. The lowest BCUT2D eigenvalue weighted by Crippen LogP contribution is -2.41. The van der Waals surface area contributed by atoms with Gasteiger partial charge in [0.1, 0.15) is 0 Å². The summed E-state index contributed by atoms with van der Waals surface area (Å²) in [5.41, 5.74) is 2.51. The average molecular weight is 536 g/mol. The van der Waals surface area contributed by atoms with Gasteiger partial charge in [0.25, 0.3) is 0 Å². The molecule has 2 aromatic carbocycles. The van der Waals surface area contributed by atoms with E-state index in [4.69, 9.17) is 25.6 Å². The fraction of sp³-hybridized carbons (Fsp3) is 0.500. The molecule has 0 bridgehead atoms. The van der Waals surface area contributed by atoms with Gasteiger partial charge in [0.2, 0.25) is 0 Å². The molecule has 178 valence electrons. The van der Waals surface area contributed by atoms with Gasteiger partial charge in [0, 0.05) is 28.9 Å². The molecule has 4 nitrogen and oxygen atoms in total. The number of rotatable bonds is 6. The van der Waals surface area contributed by atoms with E-state index < -0.39 is 0 Å². The van der Waals surface area contributed by atoms with Crippen molar-refractivity contribution < 1.29 is 18.8 Å². The van der Waals surface area contributed by atoms with Crippen LogP contribution in [-0.2, 0) is 14.0 Å². The summed E-state index contributed by atoms with van der Waals surface area (Å²) in [5, 5.41) is 0. The van der Waals surface area contributed by atoms with Crippen LogP contribution in [0.25, 0.3) is 0 Å². The Balaban J connectivity index is 0.000000205. The number of hydrogen-bond donors (Lipinski definition) is 0. The lowest BCUT2D eigenvalue weighted by Gasteiger charge is -2.32. The first-order valence-corrected chi connectivity index (χ1v) is 12.9. The zero-order valence-electron chi connectivity index (χ0n) is 19.9. The smallest absolute Gasteiger partial charge is 0.399 e.